The molecule has 0 aliphatic carbocycles. The Morgan fingerprint density at radius 3 is 0.911 bits per heavy atom. The van der Waals surface area contributed by atoms with Crippen LogP contribution in [0, 0.1) is 11.8 Å². The van der Waals surface area contributed by atoms with Crippen LogP contribution in [0.2, 0.25) is 0 Å². The lowest BCUT2D eigenvalue weighted by Crippen LogP contribution is -2.15. The van der Waals surface area contributed by atoms with Gasteiger partial charge in [0.15, 0.2) is 11.5 Å². The van der Waals surface area contributed by atoms with Gasteiger partial charge in [-0.05, 0) is 188 Å². The summed E-state index contributed by atoms with van der Waals surface area (Å²) >= 11 is 0. The molecule has 5 rings (SSSR count). The number of anilines is 2. The molecule has 0 heterocycles. The van der Waals surface area contributed by atoms with E-state index in [1.54, 1.807) is 0 Å². The number of ether oxygens (including phenoxy) is 5. The Hall–Kier alpha value is -7.28. The van der Waals surface area contributed by atoms with Crippen molar-refractivity contribution in [2.75, 3.05) is 30.5 Å². The number of nitrogens with zero attached hydrogens (tertiary/aromatic N) is 4. The normalized spacial score (nSPS) is 12.0. The maximum Gasteiger partial charge on any atom is 0.224 e. The number of benzene rings is 5. The lowest BCUT2D eigenvalue weighted by atomic mass is 10.0. The molecule has 2 N–H and O–H groups in total. The molecule has 0 radical (unpaired) electrons. The number of allylic oxidation sites excluding steroid dienone is 4. The van der Waals surface area contributed by atoms with E-state index in [4.69, 9.17) is 23.7 Å². The van der Waals surface area contributed by atoms with Crippen molar-refractivity contribution < 1.29 is 33.3 Å². The van der Waals surface area contributed by atoms with Gasteiger partial charge >= 0.3 is 0 Å². The fourth-order valence-corrected chi connectivity index (χ4v) is 12.3. The molecule has 0 spiro atoms. The van der Waals surface area contributed by atoms with Gasteiger partial charge in [-0.15, -0.1) is 0 Å². The van der Waals surface area contributed by atoms with E-state index in [0.29, 0.717) is 96.0 Å². The van der Waals surface area contributed by atoms with Gasteiger partial charge in [-0.1, -0.05) is 231 Å². The molecule has 2 atom stereocenters. The van der Waals surface area contributed by atoms with E-state index in [0.717, 1.165) is 86.7 Å². The largest absolute Gasteiger partial charge is 0.489 e. The first kappa shape index (κ1) is 84.4. The van der Waals surface area contributed by atoms with Crippen molar-refractivity contribution in [2.24, 2.45) is 32.3 Å². The second kappa shape index (κ2) is 53.5. The molecule has 0 unspecified atom stereocenters. The van der Waals surface area contributed by atoms with Gasteiger partial charge in [0.1, 0.15) is 24.7 Å². The summed E-state index contributed by atoms with van der Waals surface area (Å²) in [5.74, 6) is 3.92. The molecule has 0 aliphatic rings. The zero-order valence-corrected chi connectivity index (χ0v) is 64.3. The number of carbonyl (C=O) groups is 2. The van der Waals surface area contributed by atoms with Gasteiger partial charge in [0.05, 0.1) is 42.6 Å². The number of hydrogen-bond donors (Lipinski definition) is 2. The van der Waals surface area contributed by atoms with Crippen LogP contribution in [0.15, 0.2) is 147 Å². The Morgan fingerprint density at radius 1 is 0.356 bits per heavy atom. The lowest BCUT2D eigenvalue weighted by Gasteiger charge is -2.23. The van der Waals surface area contributed by atoms with E-state index in [9.17, 15) is 9.59 Å². The number of hydrogen-bond acceptors (Lipinski definition) is 11. The lowest BCUT2D eigenvalue weighted by molar-refractivity contribution is -0.117. The molecule has 5 aromatic rings. The molecule has 13 heteroatoms. The molecule has 2 amide bonds. The average molecular weight is 1390 g/mol. The van der Waals surface area contributed by atoms with Crippen LogP contribution < -0.4 is 34.3 Å². The van der Waals surface area contributed by atoms with E-state index in [2.05, 4.69) is 112 Å². The Balaban J connectivity index is 1.39. The highest BCUT2D eigenvalue weighted by Gasteiger charge is 2.25. The minimum absolute atomic E-state index is 0.0123. The zero-order valence-electron chi connectivity index (χ0n) is 64.3. The van der Waals surface area contributed by atoms with Gasteiger partial charge in [-0.2, -0.15) is 20.5 Å². The molecular weight excluding hydrogens is 1250 g/mol. The molecule has 13 nitrogen and oxygen atoms in total. The van der Waals surface area contributed by atoms with Crippen LogP contribution in [0.1, 0.15) is 305 Å². The average Bonchev–Trinajstić information content (AvgIpc) is 0.791. The molecular formula is C88H132N6O7. The first-order valence-electron chi connectivity index (χ1n) is 39.7. The van der Waals surface area contributed by atoms with Crippen molar-refractivity contribution >= 4 is 45.9 Å². The Morgan fingerprint density at radius 2 is 0.624 bits per heavy atom. The maximum absolute atomic E-state index is 12.8. The second-order valence-electron chi connectivity index (χ2n) is 28.8. The molecule has 0 saturated heterocycles. The summed E-state index contributed by atoms with van der Waals surface area (Å²) in [6, 6.07) is 32.4. The predicted octanol–water partition coefficient (Wildman–Crippen LogP) is 28.0. The van der Waals surface area contributed by atoms with Gasteiger partial charge in [-0.25, -0.2) is 0 Å². The van der Waals surface area contributed by atoms with Gasteiger partial charge < -0.3 is 34.3 Å². The summed E-state index contributed by atoms with van der Waals surface area (Å²) in [7, 11) is 0. The van der Waals surface area contributed by atoms with Crippen LogP contribution in [-0.4, -0.2) is 31.6 Å². The summed E-state index contributed by atoms with van der Waals surface area (Å²) in [6.07, 6.45) is 46.3. The highest BCUT2D eigenvalue weighted by molar-refractivity contribution is 5.91. The number of unbranched alkanes of at least 4 members (excludes halogenated alkanes) is 27. The number of carbonyl (C=O) groups excluding carboxylic acids is 2. The third kappa shape index (κ3) is 39.1. The highest BCUT2D eigenvalue weighted by atomic mass is 16.5. The predicted molar refractivity (Wildman–Crippen MR) is 423 cm³/mol. The third-order valence-corrected chi connectivity index (χ3v) is 18.4. The van der Waals surface area contributed by atoms with Crippen LogP contribution >= 0.6 is 0 Å². The second-order valence-corrected chi connectivity index (χ2v) is 28.8. The zero-order chi connectivity index (χ0) is 72.2. The van der Waals surface area contributed by atoms with Crippen LogP contribution in [0.4, 0.5) is 34.1 Å². The molecule has 5 aromatic carbocycles. The van der Waals surface area contributed by atoms with E-state index >= 15 is 0 Å². The molecule has 556 valence electrons. The number of azo groups is 2. The number of rotatable bonds is 58. The molecule has 0 bridgehead atoms. The van der Waals surface area contributed by atoms with Crippen molar-refractivity contribution in [2.45, 2.75) is 307 Å². The minimum Gasteiger partial charge on any atom is -0.489 e. The van der Waals surface area contributed by atoms with Gasteiger partial charge in [0, 0.05) is 35.3 Å². The van der Waals surface area contributed by atoms with E-state index in [1.807, 2.05) is 97.1 Å². The quantitative estimate of drug-likeness (QED) is 0.0223. The topological polar surface area (TPSA) is 154 Å². The summed E-state index contributed by atoms with van der Waals surface area (Å²) in [6.45, 7) is 21.6. The number of nitrogens with one attached hydrogen (secondary N) is 2. The fraction of sp³-hybridized carbons (Fsp3) is 0.591. The Kier molecular flexibility index (Phi) is 44.7. The standard InChI is InChI=1S/C88H132N6O7/c1-10-13-16-19-22-25-28-31-34-37-62-97-86-74(68-100-82-58-54-80(55-59-82)93-91-78-50-46-76(47-51-78)89-84(95)65-72(8)44-40-42-70(4)5)67-75(87(98-63-38-35-32-29-26-23-20-17-14-11-2)88(86)99-64-39-36-33-30-27-24-21-18-15-12-3)69-101-83-60-56-81(57-61-83)94-92-79-52-48-77(49-53-79)90-85(96)66-73(9)45-41-43-71(6)7/h42-43,46-61,67,72-73H,10-41,44-45,62-66,68-69H2,1-9H3,(H,89,95)(H,90,96)/t72-,73-/m1/s1. The number of amides is 2. The van der Waals surface area contributed by atoms with E-state index < -0.39 is 0 Å². The van der Waals surface area contributed by atoms with Crippen LogP contribution in [0.3, 0.4) is 0 Å². The van der Waals surface area contributed by atoms with E-state index in [1.165, 1.54) is 165 Å². The van der Waals surface area contributed by atoms with Gasteiger partial charge in [0.2, 0.25) is 17.6 Å². The van der Waals surface area contributed by atoms with Crippen molar-refractivity contribution in [3.63, 3.8) is 0 Å². The van der Waals surface area contributed by atoms with Crippen LogP contribution in [-0.2, 0) is 22.8 Å². The molecule has 0 aliphatic heterocycles. The third-order valence-electron chi connectivity index (χ3n) is 18.4. The highest BCUT2D eigenvalue weighted by Crippen LogP contribution is 2.45. The molecule has 0 aromatic heterocycles. The minimum atomic E-state index is 0.0123. The van der Waals surface area contributed by atoms with Crippen LogP contribution in [0.5, 0.6) is 28.7 Å². The van der Waals surface area contributed by atoms with Gasteiger partial charge in [0.25, 0.3) is 0 Å². The van der Waals surface area contributed by atoms with Gasteiger partial charge in [-0.3, -0.25) is 9.59 Å². The summed E-state index contributed by atoms with van der Waals surface area (Å²) in [5, 5.41) is 24.2. The fourth-order valence-electron chi connectivity index (χ4n) is 12.3. The monoisotopic (exact) mass is 1390 g/mol. The smallest absolute Gasteiger partial charge is 0.224 e. The summed E-state index contributed by atoms with van der Waals surface area (Å²) < 4.78 is 34.5. The Labute approximate surface area is 611 Å². The molecule has 101 heavy (non-hydrogen) atoms. The SMILES string of the molecule is CCCCCCCCCCCCOc1c(COc2ccc(N=Nc3ccc(NC(=O)C[C@H](C)CCC=C(C)C)cc3)cc2)cc(COc2ccc(N=Nc3ccc(NC(=O)C[C@H](C)CCC=C(C)C)cc3)cc2)c(OCCCCCCCCCCCC)c1OCCCCCCCCCCCC. The van der Waals surface area contributed by atoms with Crippen molar-refractivity contribution in [3.8, 4) is 28.7 Å². The summed E-state index contributed by atoms with van der Waals surface area (Å²) in [5.41, 5.74) is 8.50. The van der Waals surface area contributed by atoms with Crippen molar-refractivity contribution in [1.29, 1.82) is 0 Å². The molecule has 0 fully saturated rings. The maximum atomic E-state index is 12.8. The van der Waals surface area contributed by atoms with E-state index in [-0.39, 0.29) is 25.0 Å². The molecule has 0 saturated carbocycles. The first-order valence-corrected chi connectivity index (χ1v) is 39.7. The van der Waals surface area contributed by atoms with Crippen LogP contribution in [0.25, 0.3) is 0 Å². The summed E-state index contributed by atoms with van der Waals surface area (Å²) in [4.78, 5) is 25.7. The van der Waals surface area contributed by atoms with Crippen molar-refractivity contribution in [1.82, 2.24) is 0 Å². The first-order chi connectivity index (χ1) is 49.3. The Bertz CT molecular complexity index is 2920. The van der Waals surface area contributed by atoms with Crippen molar-refractivity contribution in [3.05, 3.63) is 138 Å².